The summed E-state index contributed by atoms with van der Waals surface area (Å²) in [7, 11) is 0. The van der Waals surface area contributed by atoms with Crippen LogP contribution in [0.2, 0.25) is 0 Å². The molecule has 1 aromatic heterocycles. The minimum absolute atomic E-state index is 0.0750. The van der Waals surface area contributed by atoms with Crippen molar-refractivity contribution in [2.24, 2.45) is 28.6 Å². The summed E-state index contributed by atoms with van der Waals surface area (Å²) in [5.74, 6) is 2.04. The highest BCUT2D eigenvalue weighted by Crippen LogP contribution is 2.62. The third-order valence-electron chi connectivity index (χ3n) is 14.5. The van der Waals surface area contributed by atoms with Gasteiger partial charge < -0.3 is 24.5 Å². The number of ketones is 1. The number of fused-ring (bicyclic) bond motifs is 10. The van der Waals surface area contributed by atoms with Gasteiger partial charge >= 0.3 is 0 Å². The zero-order valence-electron chi connectivity index (χ0n) is 33.0. The fourth-order valence-electron chi connectivity index (χ4n) is 11.1. The summed E-state index contributed by atoms with van der Waals surface area (Å²) < 4.78 is 11.7. The largest absolute Gasteiger partial charge is 0.461 e. The lowest BCUT2D eigenvalue weighted by atomic mass is 9.45. The molecule has 0 amide bonds. The minimum atomic E-state index is -1.06. The number of ether oxygens (including phenoxy) is 1. The van der Waals surface area contributed by atoms with Gasteiger partial charge in [-0.15, -0.1) is 0 Å². The maximum absolute atomic E-state index is 14.1. The molecule has 3 N–H and O–H groups in total. The monoisotopic (exact) mass is 737 g/mol. The summed E-state index contributed by atoms with van der Waals surface area (Å²) in [5.41, 5.74) is 3.53. The maximum atomic E-state index is 14.1. The molecule has 0 aliphatic heterocycles. The van der Waals surface area contributed by atoms with Crippen LogP contribution < -0.4 is 0 Å². The smallest absolute Gasteiger partial charge is 0.228 e. The number of rotatable bonds is 12. The van der Waals surface area contributed by atoms with Gasteiger partial charge in [0, 0.05) is 30.6 Å². The third kappa shape index (κ3) is 8.08. The molecular formula is C47H63NO6. The Labute approximate surface area is 322 Å². The minimum Gasteiger partial charge on any atom is -0.461 e. The predicted octanol–water partition coefficient (Wildman–Crippen LogP) is 8.50. The van der Waals surface area contributed by atoms with Gasteiger partial charge in [-0.1, -0.05) is 74.9 Å². The van der Waals surface area contributed by atoms with Crippen molar-refractivity contribution in [1.82, 2.24) is 4.90 Å². The summed E-state index contributed by atoms with van der Waals surface area (Å²) in [4.78, 5) is 16.5. The highest BCUT2D eigenvalue weighted by molar-refractivity contribution is 6.08. The quantitative estimate of drug-likeness (QED) is 0.127. The first-order chi connectivity index (χ1) is 25.9. The number of hydrogen-bond donors (Lipinski definition) is 3. The van der Waals surface area contributed by atoms with Crippen molar-refractivity contribution in [1.29, 1.82) is 0 Å². The van der Waals surface area contributed by atoms with Crippen LogP contribution in [0.5, 0.6) is 0 Å². The second-order valence-electron chi connectivity index (χ2n) is 18.3. The average molecular weight is 738 g/mol. The van der Waals surface area contributed by atoms with Gasteiger partial charge in [-0.2, -0.15) is 0 Å². The molecule has 3 aromatic rings. The molecule has 4 bridgehead atoms. The van der Waals surface area contributed by atoms with E-state index in [4.69, 9.17) is 9.15 Å². The van der Waals surface area contributed by atoms with Gasteiger partial charge in [0.2, 0.25) is 5.78 Å². The van der Waals surface area contributed by atoms with E-state index in [0.29, 0.717) is 67.5 Å². The van der Waals surface area contributed by atoms with Crippen molar-refractivity contribution in [3.63, 3.8) is 0 Å². The molecular weight excluding hydrogens is 675 g/mol. The number of benzene rings is 2. The molecule has 7 nitrogen and oxygen atoms in total. The lowest BCUT2D eigenvalue weighted by molar-refractivity contribution is -0.127. The number of allylic oxidation sites excluding steroid dienone is 2. The van der Waals surface area contributed by atoms with Crippen LogP contribution in [0.3, 0.4) is 0 Å². The lowest BCUT2D eigenvalue weighted by Crippen LogP contribution is -2.58. The van der Waals surface area contributed by atoms with E-state index < -0.39 is 23.2 Å². The Balaban J connectivity index is 1.20. The second kappa shape index (κ2) is 16.2. The van der Waals surface area contributed by atoms with Gasteiger partial charge in [-0.3, -0.25) is 9.69 Å². The van der Waals surface area contributed by atoms with Gasteiger partial charge in [0.15, 0.2) is 5.76 Å². The summed E-state index contributed by atoms with van der Waals surface area (Å²) in [6.45, 7) is 11.7. The molecule has 54 heavy (non-hydrogen) atoms. The number of carbonyl (C=O) groups is 1. The van der Waals surface area contributed by atoms with E-state index in [1.807, 2.05) is 36.4 Å². The molecule has 9 rings (SSSR count). The molecule has 8 atom stereocenters. The molecule has 0 radical (unpaired) electrons. The predicted molar refractivity (Wildman–Crippen MR) is 212 cm³/mol. The fraction of sp³-hybridized carbons (Fsp3) is 0.596. The van der Waals surface area contributed by atoms with Crippen LogP contribution in [0.25, 0.3) is 0 Å². The Morgan fingerprint density at radius 3 is 2.57 bits per heavy atom. The van der Waals surface area contributed by atoms with Crippen molar-refractivity contribution in [3.05, 3.63) is 107 Å². The molecule has 0 spiro atoms. The third-order valence-corrected chi connectivity index (χ3v) is 14.5. The van der Waals surface area contributed by atoms with Crippen LogP contribution in [0.1, 0.15) is 124 Å². The van der Waals surface area contributed by atoms with Crippen molar-refractivity contribution in [2.75, 3.05) is 26.2 Å². The molecule has 4 saturated carbocycles. The molecule has 6 aliphatic carbocycles. The van der Waals surface area contributed by atoms with Crippen molar-refractivity contribution in [3.8, 4) is 0 Å². The van der Waals surface area contributed by atoms with Gasteiger partial charge in [0.05, 0.1) is 37.3 Å². The number of aliphatic hydroxyl groups is 3. The van der Waals surface area contributed by atoms with Crippen molar-refractivity contribution < 1.29 is 29.3 Å². The van der Waals surface area contributed by atoms with Crippen LogP contribution in [0, 0.1) is 28.6 Å². The Bertz CT molecular complexity index is 1750. The van der Waals surface area contributed by atoms with E-state index in [1.54, 1.807) is 12.1 Å². The lowest BCUT2D eigenvalue weighted by Gasteiger charge is -2.61. The first-order valence-electron chi connectivity index (χ1n) is 20.7. The Kier molecular flexibility index (Phi) is 11.7. The van der Waals surface area contributed by atoms with Gasteiger partial charge in [-0.25, -0.2) is 0 Å². The fourth-order valence-corrected chi connectivity index (χ4v) is 11.1. The maximum Gasteiger partial charge on any atom is 0.228 e. The Morgan fingerprint density at radius 2 is 1.83 bits per heavy atom. The Morgan fingerprint density at radius 1 is 1.02 bits per heavy atom. The first-order valence-corrected chi connectivity index (χ1v) is 20.7. The zero-order chi connectivity index (χ0) is 38.1. The Hall–Kier alpha value is -3.07. The van der Waals surface area contributed by atoms with Crippen molar-refractivity contribution in [2.45, 2.75) is 122 Å². The highest BCUT2D eigenvalue weighted by Gasteiger charge is 2.58. The molecule has 292 valence electrons. The molecule has 0 saturated heterocycles. The normalized spacial score (nSPS) is 31.3. The van der Waals surface area contributed by atoms with Crippen LogP contribution in [0.15, 0.2) is 83.0 Å². The molecule has 0 unspecified atom stereocenters. The second-order valence-corrected chi connectivity index (χ2v) is 18.3. The average Bonchev–Trinajstić information content (AvgIpc) is 3.77. The van der Waals surface area contributed by atoms with Gasteiger partial charge in [0.25, 0.3) is 0 Å². The van der Waals surface area contributed by atoms with Crippen LogP contribution in [-0.4, -0.2) is 70.1 Å². The van der Waals surface area contributed by atoms with Crippen molar-refractivity contribution >= 4 is 5.78 Å². The van der Waals surface area contributed by atoms with E-state index in [2.05, 4.69) is 50.8 Å². The summed E-state index contributed by atoms with van der Waals surface area (Å²) >= 11 is 0. The SMILES string of the molecule is CC1=CCC[C@@]2(C)[C@@H](CC[C@@]2(O)CN(C[C@@H](O)COCc2ccccc2)C[C@@H]2CC[C@H]3C[C@@H]2C3(C)C)c2ccc(cc2C(=O)c2ccco2)C[C@@H](O)CC1. The van der Waals surface area contributed by atoms with E-state index in [1.165, 1.54) is 31.1 Å². The number of carbonyl (C=O) groups excluding carboxylic acids is 1. The number of nitrogens with zero attached hydrogens (tertiary/aromatic N) is 1. The van der Waals surface area contributed by atoms with Gasteiger partial charge in [0.1, 0.15) is 0 Å². The summed E-state index contributed by atoms with van der Waals surface area (Å²) in [6, 6.07) is 19.6. The molecule has 7 heteroatoms. The molecule has 6 aliphatic rings. The first kappa shape index (κ1) is 39.2. The van der Waals surface area contributed by atoms with E-state index >= 15 is 0 Å². The van der Waals surface area contributed by atoms with E-state index in [-0.39, 0.29) is 18.3 Å². The van der Waals surface area contributed by atoms with Crippen LogP contribution in [-0.2, 0) is 17.8 Å². The topological polar surface area (TPSA) is 103 Å². The number of furan rings is 1. The zero-order valence-corrected chi connectivity index (χ0v) is 33.0. The molecule has 2 aromatic carbocycles. The number of aliphatic hydroxyl groups excluding tert-OH is 2. The molecule has 1 heterocycles. The highest BCUT2D eigenvalue weighted by atomic mass is 16.5. The van der Waals surface area contributed by atoms with E-state index in [9.17, 15) is 20.1 Å². The van der Waals surface area contributed by atoms with Gasteiger partial charge in [-0.05, 0) is 135 Å². The summed E-state index contributed by atoms with van der Waals surface area (Å²) in [5, 5.41) is 35.7. The standard InChI is InChI=1S/C47H63NO6/c1-32-10-8-21-46(4)41(39-19-15-34(24-37(49)18-14-32)25-40(39)44(51)43-13-9-23-54-43)20-22-47(46,52)31-48(27-35-16-17-36-26-42(35)45(36,2)3)28-38(50)30-53-29-33-11-6-5-7-12-33/h5-7,9-13,15,19,23,25,35-38,41-42,49-50,52H,8,14,16-18,20-22,24,26-31H2,1-4H3/t35-,36-,37-,38+,41-,42-,46-,47+/m0/s1. The van der Waals surface area contributed by atoms with E-state index in [0.717, 1.165) is 54.8 Å². The van der Waals surface area contributed by atoms with Crippen LogP contribution in [0.4, 0.5) is 0 Å². The molecule has 4 fully saturated rings. The summed E-state index contributed by atoms with van der Waals surface area (Å²) in [6.07, 6.45) is 11.2. The van der Waals surface area contributed by atoms with Crippen LogP contribution >= 0.6 is 0 Å². The number of hydrogen-bond acceptors (Lipinski definition) is 7.